The standard InChI is InChI=1S/C23H44O5/c1-4-5-6-11-14-18-27-22(24)15-12-9-7-8-10-13-16-23(25)28-20-21(2)17-19-26-3/h21H,4-20H2,1-3H3. The van der Waals surface area contributed by atoms with Crippen molar-refractivity contribution >= 4 is 11.9 Å². The number of ether oxygens (including phenoxy) is 3. The summed E-state index contributed by atoms with van der Waals surface area (Å²) in [5.74, 6) is 0.191. The maximum atomic E-state index is 11.7. The number of methoxy groups -OCH3 is 1. The Morgan fingerprint density at radius 3 is 1.86 bits per heavy atom. The van der Waals surface area contributed by atoms with Crippen LogP contribution in [0.5, 0.6) is 0 Å². The van der Waals surface area contributed by atoms with E-state index in [1.54, 1.807) is 7.11 Å². The van der Waals surface area contributed by atoms with Gasteiger partial charge in [-0.1, -0.05) is 65.2 Å². The van der Waals surface area contributed by atoms with Crippen molar-refractivity contribution in [3.8, 4) is 0 Å². The van der Waals surface area contributed by atoms with Crippen molar-refractivity contribution in [1.82, 2.24) is 0 Å². The molecule has 1 atom stereocenters. The molecule has 0 aliphatic carbocycles. The van der Waals surface area contributed by atoms with E-state index in [4.69, 9.17) is 14.2 Å². The van der Waals surface area contributed by atoms with Crippen LogP contribution >= 0.6 is 0 Å². The minimum Gasteiger partial charge on any atom is -0.466 e. The van der Waals surface area contributed by atoms with Crippen molar-refractivity contribution < 1.29 is 23.8 Å². The molecule has 0 bridgehead atoms. The second-order valence-electron chi connectivity index (χ2n) is 7.83. The summed E-state index contributed by atoms with van der Waals surface area (Å²) in [6.07, 6.45) is 13.9. The maximum absolute atomic E-state index is 11.7. The predicted molar refractivity (Wildman–Crippen MR) is 113 cm³/mol. The molecule has 0 aliphatic rings. The topological polar surface area (TPSA) is 61.8 Å². The van der Waals surface area contributed by atoms with E-state index < -0.39 is 0 Å². The lowest BCUT2D eigenvalue weighted by Gasteiger charge is -2.11. The van der Waals surface area contributed by atoms with Gasteiger partial charge >= 0.3 is 11.9 Å². The Labute approximate surface area is 172 Å². The summed E-state index contributed by atoms with van der Waals surface area (Å²) in [6.45, 7) is 6.02. The normalized spacial score (nSPS) is 12.0. The van der Waals surface area contributed by atoms with E-state index in [0.717, 1.165) is 57.8 Å². The van der Waals surface area contributed by atoms with E-state index in [9.17, 15) is 9.59 Å². The van der Waals surface area contributed by atoms with Gasteiger partial charge in [-0.25, -0.2) is 0 Å². The highest BCUT2D eigenvalue weighted by Crippen LogP contribution is 2.11. The van der Waals surface area contributed by atoms with Crippen molar-refractivity contribution in [2.45, 2.75) is 104 Å². The molecule has 0 rings (SSSR count). The highest BCUT2D eigenvalue weighted by atomic mass is 16.5. The van der Waals surface area contributed by atoms with Crippen molar-refractivity contribution in [3.05, 3.63) is 0 Å². The Hall–Kier alpha value is -1.10. The Morgan fingerprint density at radius 2 is 1.25 bits per heavy atom. The van der Waals surface area contributed by atoms with Gasteiger partial charge in [0.15, 0.2) is 0 Å². The molecule has 0 aromatic carbocycles. The molecule has 5 nitrogen and oxygen atoms in total. The molecular weight excluding hydrogens is 356 g/mol. The van der Waals surface area contributed by atoms with Gasteiger partial charge in [0, 0.05) is 26.6 Å². The minimum atomic E-state index is -0.0956. The van der Waals surface area contributed by atoms with Crippen LogP contribution in [0.4, 0.5) is 0 Å². The number of hydrogen-bond donors (Lipinski definition) is 0. The molecular formula is C23H44O5. The summed E-state index contributed by atoms with van der Waals surface area (Å²) in [6, 6.07) is 0. The van der Waals surface area contributed by atoms with Crippen LogP contribution in [0, 0.1) is 5.92 Å². The number of carbonyl (C=O) groups excluding carboxylic acids is 2. The third-order valence-electron chi connectivity index (χ3n) is 4.87. The smallest absolute Gasteiger partial charge is 0.305 e. The lowest BCUT2D eigenvalue weighted by Crippen LogP contribution is -2.13. The molecule has 0 aliphatic heterocycles. The van der Waals surface area contributed by atoms with Crippen LogP contribution in [0.1, 0.15) is 104 Å². The van der Waals surface area contributed by atoms with Crippen LogP contribution in [-0.4, -0.2) is 38.9 Å². The molecule has 0 N–H and O–H groups in total. The zero-order chi connectivity index (χ0) is 20.9. The molecule has 0 aromatic rings. The fourth-order valence-corrected chi connectivity index (χ4v) is 2.92. The fraction of sp³-hybridized carbons (Fsp3) is 0.913. The first-order chi connectivity index (χ1) is 13.6. The van der Waals surface area contributed by atoms with E-state index in [1.807, 2.05) is 0 Å². The summed E-state index contributed by atoms with van der Waals surface area (Å²) in [5, 5.41) is 0. The monoisotopic (exact) mass is 400 g/mol. The highest BCUT2D eigenvalue weighted by molar-refractivity contribution is 5.69. The lowest BCUT2D eigenvalue weighted by molar-refractivity contribution is -0.145. The van der Waals surface area contributed by atoms with Gasteiger partial charge in [-0.2, -0.15) is 0 Å². The number of hydrogen-bond acceptors (Lipinski definition) is 5. The van der Waals surface area contributed by atoms with Gasteiger partial charge in [0.25, 0.3) is 0 Å². The summed E-state index contributed by atoms with van der Waals surface area (Å²) in [5.41, 5.74) is 0. The van der Waals surface area contributed by atoms with E-state index in [2.05, 4.69) is 13.8 Å². The Bertz CT molecular complexity index is 370. The van der Waals surface area contributed by atoms with E-state index in [0.29, 0.717) is 38.6 Å². The molecule has 28 heavy (non-hydrogen) atoms. The van der Waals surface area contributed by atoms with E-state index in [1.165, 1.54) is 19.3 Å². The molecule has 0 fully saturated rings. The van der Waals surface area contributed by atoms with Crippen LogP contribution < -0.4 is 0 Å². The van der Waals surface area contributed by atoms with Crippen molar-refractivity contribution in [3.63, 3.8) is 0 Å². The number of unbranched alkanes of at least 4 members (excludes halogenated alkanes) is 9. The first-order valence-electron chi connectivity index (χ1n) is 11.4. The number of carbonyl (C=O) groups is 2. The quantitative estimate of drug-likeness (QED) is 0.190. The molecule has 0 aromatic heterocycles. The Balaban J connectivity index is 3.34. The molecule has 0 saturated heterocycles. The summed E-state index contributed by atoms with van der Waals surface area (Å²) >= 11 is 0. The van der Waals surface area contributed by atoms with Crippen molar-refractivity contribution in [2.75, 3.05) is 26.9 Å². The van der Waals surface area contributed by atoms with Crippen LogP contribution in [0.15, 0.2) is 0 Å². The average Bonchev–Trinajstić information content (AvgIpc) is 2.69. The molecule has 5 heteroatoms. The predicted octanol–water partition coefficient (Wildman–Crippen LogP) is 5.84. The van der Waals surface area contributed by atoms with Gasteiger partial charge in [0.1, 0.15) is 0 Å². The molecule has 1 unspecified atom stereocenters. The lowest BCUT2D eigenvalue weighted by atomic mass is 10.1. The average molecular weight is 401 g/mol. The summed E-state index contributed by atoms with van der Waals surface area (Å²) in [7, 11) is 1.68. The second kappa shape index (κ2) is 20.6. The highest BCUT2D eigenvalue weighted by Gasteiger charge is 2.07. The van der Waals surface area contributed by atoms with Gasteiger partial charge in [-0.3, -0.25) is 9.59 Å². The van der Waals surface area contributed by atoms with E-state index >= 15 is 0 Å². The summed E-state index contributed by atoms with van der Waals surface area (Å²) < 4.78 is 15.6. The Morgan fingerprint density at radius 1 is 0.714 bits per heavy atom. The largest absolute Gasteiger partial charge is 0.466 e. The zero-order valence-electron chi connectivity index (χ0n) is 18.6. The Kier molecular flexibility index (Phi) is 19.8. The molecule has 0 spiro atoms. The summed E-state index contributed by atoms with van der Waals surface area (Å²) in [4.78, 5) is 23.3. The molecule has 166 valence electrons. The second-order valence-corrected chi connectivity index (χ2v) is 7.83. The SMILES string of the molecule is CCCCCCCOC(=O)CCCCCCCCC(=O)OCC(C)CCOC. The minimum absolute atomic E-state index is 0.0574. The third kappa shape index (κ3) is 19.7. The number of esters is 2. The van der Waals surface area contributed by atoms with Gasteiger partial charge < -0.3 is 14.2 Å². The zero-order valence-corrected chi connectivity index (χ0v) is 18.6. The van der Waals surface area contributed by atoms with Gasteiger partial charge in [-0.15, -0.1) is 0 Å². The van der Waals surface area contributed by atoms with Crippen LogP contribution in [0.3, 0.4) is 0 Å². The van der Waals surface area contributed by atoms with Gasteiger partial charge in [0.05, 0.1) is 13.2 Å². The number of rotatable bonds is 20. The van der Waals surface area contributed by atoms with Gasteiger partial charge in [-0.05, 0) is 31.6 Å². The molecule has 0 radical (unpaired) electrons. The molecule has 0 heterocycles. The molecule has 0 saturated carbocycles. The third-order valence-corrected chi connectivity index (χ3v) is 4.87. The van der Waals surface area contributed by atoms with Crippen LogP contribution in [0.2, 0.25) is 0 Å². The van der Waals surface area contributed by atoms with Crippen molar-refractivity contribution in [1.29, 1.82) is 0 Å². The van der Waals surface area contributed by atoms with Crippen molar-refractivity contribution in [2.24, 2.45) is 5.92 Å². The van der Waals surface area contributed by atoms with Crippen LogP contribution in [0.25, 0.3) is 0 Å². The van der Waals surface area contributed by atoms with Gasteiger partial charge in [0.2, 0.25) is 0 Å². The first-order valence-corrected chi connectivity index (χ1v) is 11.4. The first kappa shape index (κ1) is 26.9. The maximum Gasteiger partial charge on any atom is 0.305 e. The van der Waals surface area contributed by atoms with Crippen LogP contribution in [-0.2, 0) is 23.8 Å². The van der Waals surface area contributed by atoms with E-state index in [-0.39, 0.29) is 11.9 Å². The fourth-order valence-electron chi connectivity index (χ4n) is 2.92. The molecule has 0 amide bonds.